The van der Waals surface area contributed by atoms with Crippen molar-refractivity contribution in [3.05, 3.63) is 206 Å². The van der Waals surface area contributed by atoms with Crippen LogP contribution in [0.4, 0.5) is 17.1 Å². The van der Waals surface area contributed by atoms with Gasteiger partial charge in [0.05, 0.1) is 11.0 Å². The molecule has 9 aromatic rings. The number of hydrogen-bond donors (Lipinski definition) is 0. The van der Waals surface area contributed by atoms with Crippen molar-refractivity contribution in [2.75, 3.05) is 4.90 Å². The van der Waals surface area contributed by atoms with Crippen molar-refractivity contribution < 1.29 is 18.6 Å². The largest absolute Gasteiger partial charge is 0.311 e. The zero-order valence-corrected chi connectivity index (χ0v) is 29.4. The van der Waals surface area contributed by atoms with Crippen LogP contribution in [0.15, 0.2) is 206 Å². The zero-order chi connectivity index (χ0) is 33.3. The Morgan fingerprint density at radius 1 is 0.294 bits per heavy atom. The minimum Gasteiger partial charge on any atom is -0.311 e. The van der Waals surface area contributed by atoms with Crippen LogP contribution in [-0.2, 0) is 18.6 Å². The first-order valence-corrected chi connectivity index (χ1v) is 17.1. The van der Waals surface area contributed by atoms with Crippen LogP contribution in [0, 0.1) is 0 Å². The minimum atomic E-state index is 0. The van der Waals surface area contributed by atoms with E-state index in [0.29, 0.717) is 0 Å². The van der Waals surface area contributed by atoms with Gasteiger partial charge in [0.2, 0.25) is 0 Å². The third-order valence-corrected chi connectivity index (χ3v) is 9.61. The molecule has 51 heavy (non-hydrogen) atoms. The molecule has 0 aliphatic rings. The molecule has 8 aromatic carbocycles. The summed E-state index contributed by atoms with van der Waals surface area (Å²) in [6.45, 7) is 0. The molecule has 0 bridgehead atoms. The van der Waals surface area contributed by atoms with E-state index in [-0.39, 0.29) is 18.6 Å². The second-order valence-electron chi connectivity index (χ2n) is 12.6. The number of anilines is 3. The maximum absolute atomic E-state index is 2.36. The van der Waals surface area contributed by atoms with Gasteiger partial charge in [-0.1, -0.05) is 140 Å². The van der Waals surface area contributed by atoms with E-state index in [0.717, 1.165) is 17.1 Å². The maximum atomic E-state index is 2.36. The van der Waals surface area contributed by atoms with Gasteiger partial charge in [0, 0.05) is 52.1 Å². The van der Waals surface area contributed by atoms with Gasteiger partial charge in [0.1, 0.15) is 0 Å². The van der Waals surface area contributed by atoms with Crippen LogP contribution in [0.3, 0.4) is 0 Å². The van der Waals surface area contributed by atoms with Gasteiger partial charge in [0.15, 0.2) is 0 Å². The molecule has 1 aromatic heterocycles. The molecule has 0 amide bonds. The number of benzene rings is 8. The molecule has 0 aliphatic carbocycles. The summed E-state index contributed by atoms with van der Waals surface area (Å²) in [5, 5.41) is 2.51. The fraction of sp³-hybridized carbons (Fsp3) is 0. The summed E-state index contributed by atoms with van der Waals surface area (Å²) < 4.78 is 2.36. The second kappa shape index (κ2) is 14.1. The Labute approximate surface area is 310 Å². The summed E-state index contributed by atoms with van der Waals surface area (Å²) in [7, 11) is 0. The number of rotatable bonds is 7. The Bertz CT molecular complexity index is 2460. The Kier molecular flexibility index (Phi) is 8.86. The molecule has 9 rings (SSSR count). The molecule has 2 nitrogen and oxygen atoms in total. The Morgan fingerprint density at radius 3 is 1.18 bits per heavy atom. The van der Waals surface area contributed by atoms with E-state index in [9.17, 15) is 0 Å². The number of para-hydroxylation sites is 2. The molecule has 0 saturated carbocycles. The normalized spacial score (nSPS) is 11.0. The third kappa shape index (κ3) is 6.17. The van der Waals surface area contributed by atoms with Gasteiger partial charge < -0.3 is 9.47 Å². The van der Waals surface area contributed by atoms with E-state index in [2.05, 4.69) is 216 Å². The molecular weight excluding hydrogens is 655 g/mol. The van der Waals surface area contributed by atoms with Crippen molar-refractivity contribution >= 4 is 38.9 Å². The van der Waals surface area contributed by atoms with Crippen LogP contribution in [0.25, 0.3) is 60.9 Å². The topological polar surface area (TPSA) is 8.17 Å². The third-order valence-electron chi connectivity index (χ3n) is 9.61. The first-order chi connectivity index (χ1) is 24.8. The minimum absolute atomic E-state index is 0. The van der Waals surface area contributed by atoms with E-state index < -0.39 is 0 Å². The van der Waals surface area contributed by atoms with Crippen LogP contribution in [0.1, 0.15) is 0 Å². The number of aromatic nitrogens is 1. The summed E-state index contributed by atoms with van der Waals surface area (Å²) >= 11 is 0. The molecule has 0 unspecified atom stereocenters. The Hall–Kier alpha value is -6.06. The monoisotopic (exact) mass is 689 g/mol. The fourth-order valence-electron chi connectivity index (χ4n) is 7.12. The van der Waals surface area contributed by atoms with Crippen molar-refractivity contribution in [2.24, 2.45) is 0 Å². The van der Waals surface area contributed by atoms with Crippen LogP contribution >= 0.6 is 0 Å². The molecule has 1 radical (unpaired) electrons. The van der Waals surface area contributed by atoms with Gasteiger partial charge in [-0.3, -0.25) is 0 Å². The smallest absolute Gasteiger partial charge is 0.0541 e. The van der Waals surface area contributed by atoms with Crippen molar-refractivity contribution in [3.8, 4) is 39.1 Å². The maximum Gasteiger partial charge on any atom is 0.0541 e. The Morgan fingerprint density at radius 2 is 0.667 bits per heavy atom. The van der Waals surface area contributed by atoms with E-state index in [1.807, 2.05) is 0 Å². The molecule has 0 saturated heterocycles. The quantitative estimate of drug-likeness (QED) is 0.162. The molecule has 3 heteroatoms. The summed E-state index contributed by atoms with van der Waals surface area (Å²) in [4.78, 5) is 2.34. The Balaban J connectivity index is 0.00000374. The van der Waals surface area contributed by atoms with Gasteiger partial charge in [-0.15, -0.1) is 0 Å². The number of fused-ring (bicyclic) bond motifs is 3. The average Bonchev–Trinajstić information content (AvgIpc) is 3.53. The predicted molar refractivity (Wildman–Crippen MR) is 212 cm³/mol. The van der Waals surface area contributed by atoms with Crippen molar-refractivity contribution in [1.82, 2.24) is 4.57 Å². The molecule has 241 valence electrons. The van der Waals surface area contributed by atoms with Gasteiger partial charge in [-0.05, 0) is 100 Å². The van der Waals surface area contributed by atoms with Crippen LogP contribution in [0.5, 0.6) is 0 Å². The number of nitrogens with zero attached hydrogens (tertiary/aromatic N) is 2. The standard InChI is InChI=1S/C48H34N2.V/c1-4-12-35(13-5-1)37-20-27-42(28-21-37)49(43-29-22-38(23-30-43)36-14-6-2-7-15-36)44-31-24-39(25-32-44)40-26-33-48-46(34-40)45-18-10-11-19-47(45)50(48)41-16-8-3-9-17-41;/h1-34H;. The average molecular weight is 690 g/mol. The number of hydrogen-bond acceptors (Lipinski definition) is 1. The van der Waals surface area contributed by atoms with Crippen LogP contribution in [-0.4, -0.2) is 4.57 Å². The van der Waals surface area contributed by atoms with E-state index >= 15 is 0 Å². The zero-order valence-electron chi connectivity index (χ0n) is 28.0. The van der Waals surface area contributed by atoms with Crippen LogP contribution < -0.4 is 4.90 Å². The summed E-state index contributed by atoms with van der Waals surface area (Å²) in [6.07, 6.45) is 0. The predicted octanol–water partition coefficient (Wildman–Crippen LogP) is 13.3. The van der Waals surface area contributed by atoms with Gasteiger partial charge in [-0.25, -0.2) is 0 Å². The second-order valence-corrected chi connectivity index (χ2v) is 12.6. The van der Waals surface area contributed by atoms with Crippen molar-refractivity contribution in [1.29, 1.82) is 0 Å². The van der Waals surface area contributed by atoms with Gasteiger partial charge >= 0.3 is 0 Å². The molecule has 0 N–H and O–H groups in total. The summed E-state index contributed by atoms with van der Waals surface area (Å²) in [5.41, 5.74) is 14.1. The SMILES string of the molecule is [V].c1ccc(-c2ccc(N(c3ccc(-c4ccccc4)cc3)c3ccc(-c4ccc5c(c4)c4ccccc4n5-c4ccccc4)cc3)cc2)cc1. The molecular formula is C48H34N2V. The van der Waals surface area contributed by atoms with E-state index in [1.165, 1.54) is 60.9 Å². The first kappa shape index (κ1) is 32.2. The molecule has 0 aliphatic heterocycles. The van der Waals surface area contributed by atoms with Crippen molar-refractivity contribution in [2.45, 2.75) is 0 Å². The summed E-state index contributed by atoms with van der Waals surface area (Å²) in [6, 6.07) is 74.0. The summed E-state index contributed by atoms with van der Waals surface area (Å²) in [5.74, 6) is 0. The first-order valence-electron chi connectivity index (χ1n) is 17.1. The van der Waals surface area contributed by atoms with Gasteiger partial charge in [-0.2, -0.15) is 0 Å². The fourth-order valence-corrected chi connectivity index (χ4v) is 7.12. The van der Waals surface area contributed by atoms with Gasteiger partial charge in [0.25, 0.3) is 0 Å². The molecule has 1 heterocycles. The molecule has 0 atom stereocenters. The van der Waals surface area contributed by atoms with Crippen LogP contribution in [0.2, 0.25) is 0 Å². The molecule has 0 spiro atoms. The molecule has 0 fully saturated rings. The van der Waals surface area contributed by atoms with Crippen molar-refractivity contribution in [3.63, 3.8) is 0 Å². The van der Waals surface area contributed by atoms with E-state index in [1.54, 1.807) is 0 Å². The van der Waals surface area contributed by atoms with E-state index in [4.69, 9.17) is 0 Å².